The molecule has 0 amide bonds. The van der Waals surface area contributed by atoms with E-state index in [1.54, 1.807) is 6.07 Å². The molecule has 0 heterocycles. The van der Waals surface area contributed by atoms with Crippen LogP contribution < -0.4 is 10.2 Å². The van der Waals surface area contributed by atoms with E-state index >= 15 is 0 Å². The van der Waals surface area contributed by atoms with Gasteiger partial charge in [0.1, 0.15) is 5.75 Å². The van der Waals surface area contributed by atoms with Crippen molar-refractivity contribution in [2.24, 2.45) is 5.10 Å². The molecule has 1 N–H and O–H groups in total. The van der Waals surface area contributed by atoms with Crippen LogP contribution in [0.2, 0.25) is 5.02 Å². The molecule has 0 saturated carbocycles. The first-order valence-corrected chi connectivity index (χ1v) is 7.27. The molecule has 0 spiro atoms. The van der Waals surface area contributed by atoms with Crippen LogP contribution in [-0.4, -0.2) is 12.3 Å². The maximum atomic E-state index is 12.7. The van der Waals surface area contributed by atoms with Gasteiger partial charge in [0.15, 0.2) is 0 Å². The SMILES string of the molecule is C/C(=N\Nc1cc(C(F)(F)F)ccc1Cl)c1ccccc1OC(F)F. The molecule has 0 fully saturated rings. The van der Waals surface area contributed by atoms with Crippen molar-refractivity contribution < 1.29 is 26.7 Å². The molecular formula is C16H12ClF5N2O. The molecule has 0 radical (unpaired) electrons. The Morgan fingerprint density at radius 3 is 2.48 bits per heavy atom. The highest BCUT2D eigenvalue weighted by molar-refractivity contribution is 6.33. The second-order valence-corrected chi connectivity index (χ2v) is 5.28. The Morgan fingerprint density at radius 2 is 1.84 bits per heavy atom. The molecule has 9 heteroatoms. The molecule has 3 nitrogen and oxygen atoms in total. The quantitative estimate of drug-likeness (QED) is 0.405. The third-order valence-electron chi connectivity index (χ3n) is 3.13. The summed E-state index contributed by atoms with van der Waals surface area (Å²) >= 11 is 5.85. The lowest BCUT2D eigenvalue weighted by Gasteiger charge is -2.12. The first kappa shape index (κ1) is 19.0. The zero-order chi connectivity index (χ0) is 18.6. The highest BCUT2D eigenvalue weighted by atomic mass is 35.5. The van der Waals surface area contributed by atoms with Crippen molar-refractivity contribution in [2.75, 3.05) is 5.43 Å². The van der Waals surface area contributed by atoms with Crippen molar-refractivity contribution in [1.82, 2.24) is 0 Å². The number of para-hydroxylation sites is 1. The van der Waals surface area contributed by atoms with Crippen LogP contribution >= 0.6 is 11.6 Å². The molecule has 0 aromatic heterocycles. The lowest BCUT2D eigenvalue weighted by atomic mass is 10.1. The van der Waals surface area contributed by atoms with Crippen LogP contribution in [0.3, 0.4) is 0 Å². The molecule has 0 unspecified atom stereocenters. The first-order valence-electron chi connectivity index (χ1n) is 6.89. The average molecular weight is 379 g/mol. The number of halogens is 6. The van der Waals surface area contributed by atoms with Gasteiger partial charge in [-0.05, 0) is 37.3 Å². The van der Waals surface area contributed by atoms with Crippen LogP contribution in [0.15, 0.2) is 47.6 Å². The van der Waals surface area contributed by atoms with E-state index in [4.69, 9.17) is 11.6 Å². The Bertz CT molecular complexity index is 777. The van der Waals surface area contributed by atoms with Crippen molar-refractivity contribution in [3.05, 3.63) is 58.6 Å². The molecule has 0 aliphatic heterocycles. The predicted octanol–water partition coefficient (Wildman–Crippen LogP) is 5.80. The van der Waals surface area contributed by atoms with Gasteiger partial charge in [-0.1, -0.05) is 23.7 Å². The van der Waals surface area contributed by atoms with E-state index < -0.39 is 18.4 Å². The number of ether oxygens (including phenoxy) is 1. The minimum absolute atomic E-state index is 0.0293. The molecule has 0 aliphatic carbocycles. The number of anilines is 1. The molecule has 134 valence electrons. The fraction of sp³-hybridized carbons (Fsp3) is 0.188. The molecule has 2 rings (SSSR count). The summed E-state index contributed by atoms with van der Waals surface area (Å²) in [5, 5.41) is 3.94. The number of nitrogens with one attached hydrogen (secondary N) is 1. The van der Waals surface area contributed by atoms with Gasteiger partial charge in [-0.25, -0.2) is 0 Å². The smallest absolute Gasteiger partial charge is 0.416 e. The molecule has 0 bridgehead atoms. The molecule has 0 atom stereocenters. The highest BCUT2D eigenvalue weighted by Gasteiger charge is 2.31. The molecule has 2 aromatic carbocycles. The molecule has 0 saturated heterocycles. The zero-order valence-electron chi connectivity index (χ0n) is 12.7. The average Bonchev–Trinajstić information content (AvgIpc) is 2.52. The number of hydrazone groups is 1. The number of hydrogen-bond acceptors (Lipinski definition) is 3. The van der Waals surface area contributed by atoms with Gasteiger partial charge in [0.05, 0.1) is 22.0 Å². The van der Waals surface area contributed by atoms with E-state index in [0.717, 1.165) is 18.2 Å². The van der Waals surface area contributed by atoms with Crippen molar-refractivity contribution in [1.29, 1.82) is 0 Å². The Labute approximate surface area is 145 Å². The Hall–Kier alpha value is -2.35. The minimum Gasteiger partial charge on any atom is -0.434 e. The van der Waals surface area contributed by atoms with Crippen LogP contribution in [0.4, 0.5) is 27.6 Å². The standard InChI is InChI=1S/C16H12ClF5N2O/c1-9(11-4-2-3-5-14(11)25-15(18)19)23-24-13-8-10(16(20,21)22)6-7-12(13)17/h2-8,15,24H,1H3/b23-9+. The summed E-state index contributed by atoms with van der Waals surface area (Å²) in [7, 11) is 0. The fourth-order valence-corrected chi connectivity index (χ4v) is 2.12. The summed E-state index contributed by atoms with van der Waals surface area (Å²) in [5.74, 6) is -0.101. The van der Waals surface area contributed by atoms with Gasteiger partial charge in [-0.15, -0.1) is 0 Å². The van der Waals surface area contributed by atoms with E-state index in [2.05, 4.69) is 15.3 Å². The maximum absolute atomic E-state index is 12.7. The number of nitrogens with zero attached hydrogens (tertiary/aromatic N) is 1. The van der Waals surface area contributed by atoms with Gasteiger partial charge in [0.2, 0.25) is 0 Å². The van der Waals surface area contributed by atoms with Crippen LogP contribution in [0, 0.1) is 0 Å². The first-order chi connectivity index (χ1) is 11.7. The number of benzene rings is 2. The Balaban J connectivity index is 2.28. The second-order valence-electron chi connectivity index (χ2n) is 4.88. The lowest BCUT2D eigenvalue weighted by Crippen LogP contribution is -2.08. The van der Waals surface area contributed by atoms with Gasteiger partial charge in [0, 0.05) is 5.56 Å². The topological polar surface area (TPSA) is 33.6 Å². The van der Waals surface area contributed by atoms with Gasteiger partial charge in [-0.2, -0.15) is 27.1 Å². The van der Waals surface area contributed by atoms with Gasteiger partial charge >= 0.3 is 12.8 Å². The highest BCUT2D eigenvalue weighted by Crippen LogP contribution is 2.34. The van der Waals surface area contributed by atoms with E-state index in [1.165, 1.54) is 25.1 Å². The maximum Gasteiger partial charge on any atom is 0.416 e. The zero-order valence-corrected chi connectivity index (χ0v) is 13.5. The summed E-state index contributed by atoms with van der Waals surface area (Å²) < 4.78 is 67.5. The van der Waals surface area contributed by atoms with Crippen LogP contribution in [0.25, 0.3) is 0 Å². The van der Waals surface area contributed by atoms with Crippen molar-refractivity contribution in [3.8, 4) is 5.75 Å². The predicted molar refractivity (Wildman–Crippen MR) is 85.4 cm³/mol. The Morgan fingerprint density at radius 1 is 1.16 bits per heavy atom. The summed E-state index contributed by atoms with van der Waals surface area (Å²) in [6.07, 6.45) is -4.53. The molecule has 25 heavy (non-hydrogen) atoms. The number of alkyl halides is 5. The summed E-state index contributed by atoms with van der Waals surface area (Å²) in [6.45, 7) is -1.53. The third-order valence-corrected chi connectivity index (χ3v) is 3.46. The van der Waals surface area contributed by atoms with Gasteiger partial charge in [0.25, 0.3) is 0 Å². The molecule has 2 aromatic rings. The summed E-state index contributed by atoms with van der Waals surface area (Å²) in [4.78, 5) is 0. The van der Waals surface area contributed by atoms with Gasteiger partial charge in [-0.3, -0.25) is 5.43 Å². The lowest BCUT2D eigenvalue weighted by molar-refractivity contribution is -0.137. The van der Waals surface area contributed by atoms with Crippen molar-refractivity contribution in [3.63, 3.8) is 0 Å². The minimum atomic E-state index is -4.53. The van der Waals surface area contributed by atoms with Crippen molar-refractivity contribution in [2.45, 2.75) is 19.7 Å². The van der Waals surface area contributed by atoms with Gasteiger partial charge < -0.3 is 4.74 Å². The number of rotatable bonds is 5. The Kier molecular flexibility index (Phi) is 5.84. The molecule has 0 aliphatic rings. The largest absolute Gasteiger partial charge is 0.434 e. The van der Waals surface area contributed by atoms with Crippen LogP contribution in [-0.2, 0) is 6.18 Å². The van der Waals surface area contributed by atoms with E-state index in [1.807, 2.05) is 0 Å². The van der Waals surface area contributed by atoms with Crippen LogP contribution in [0.5, 0.6) is 5.75 Å². The third kappa shape index (κ3) is 5.06. The van der Waals surface area contributed by atoms with Crippen molar-refractivity contribution >= 4 is 23.0 Å². The van der Waals surface area contributed by atoms with E-state index in [0.29, 0.717) is 0 Å². The van der Waals surface area contributed by atoms with E-state index in [-0.39, 0.29) is 27.7 Å². The van der Waals surface area contributed by atoms with E-state index in [9.17, 15) is 22.0 Å². The monoisotopic (exact) mass is 378 g/mol. The number of hydrogen-bond donors (Lipinski definition) is 1. The molecular weight excluding hydrogens is 367 g/mol. The van der Waals surface area contributed by atoms with Crippen LogP contribution in [0.1, 0.15) is 18.1 Å². The summed E-state index contributed by atoms with van der Waals surface area (Å²) in [6, 6.07) is 8.65. The fourth-order valence-electron chi connectivity index (χ4n) is 1.96. The second kappa shape index (κ2) is 7.69. The summed E-state index contributed by atoms with van der Waals surface area (Å²) in [5.41, 5.74) is 1.94. The normalized spacial score (nSPS) is 12.4.